The fourth-order valence-electron chi connectivity index (χ4n) is 1.57. The van der Waals surface area contributed by atoms with Gasteiger partial charge in [0.1, 0.15) is 0 Å². The van der Waals surface area contributed by atoms with Gasteiger partial charge in [-0.1, -0.05) is 0 Å². The average molecular weight is 347 g/mol. The lowest BCUT2D eigenvalue weighted by molar-refractivity contribution is 0.0696. The predicted molar refractivity (Wildman–Crippen MR) is 78.9 cm³/mol. The van der Waals surface area contributed by atoms with Gasteiger partial charge >= 0.3 is 5.97 Å². The smallest absolute Gasteiger partial charge is 0.335 e. The Balaban J connectivity index is 2.79. The molecule has 1 N–H and O–H groups in total. The Morgan fingerprint density at radius 2 is 1.95 bits per heavy atom. The van der Waals surface area contributed by atoms with Gasteiger partial charge in [0.15, 0.2) is 11.5 Å². The molecule has 0 aliphatic heterocycles. The number of aromatic carboxylic acids is 1. The standard InChI is InChI=1S/C14H19BrO5/c1-3-18-6-5-7-20-13-11(15)8-10(14(16)17)9-12(13)19-4-2/h8-9H,3-7H2,1-2H3,(H,16,17). The van der Waals surface area contributed by atoms with Crippen LogP contribution in [-0.2, 0) is 4.74 Å². The maximum absolute atomic E-state index is 11.0. The van der Waals surface area contributed by atoms with Crippen LogP contribution in [0.3, 0.4) is 0 Å². The van der Waals surface area contributed by atoms with E-state index >= 15 is 0 Å². The van der Waals surface area contributed by atoms with Crippen molar-refractivity contribution in [3.05, 3.63) is 22.2 Å². The first kappa shape index (κ1) is 16.8. The van der Waals surface area contributed by atoms with Gasteiger partial charge in [-0.05, 0) is 41.9 Å². The van der Waals surface area contributed by atoms with Crippen molar-refractivity contribution >= 4 is 21.9 Å². The van der Waals surface area contributed by atoms with Crippen molar-refractivity contribution in [2.75, 3.05) is 26.4 Å². The molecule has 0 aliphatic rings. The van der Waals surface area contributed by atoms with Gasteiger partial charge in [0.05, 0.1) is 23.2 Å². The van der Waals surface area contributed by atoms with Crippen LogP contribution in [0.4, 0.5) is 0 Å². The molecule has 0 saturated carbocycles. The highest BCUT2D eigenvalue weighted by Gasteiger charge is 2.15. The van der Waals surface area contributed by atoms with Gasteiger partial charge in [-0.25, -0.2) is 4.79 Å². The quantitative estimate of drug-likeness (QED) is 0.694. The maximum Gasteiger partial charge on any atom is 0.335 e. The largest absolute Gasteiger partial charge is 0.490 e. The number of halogens is 1. The summed E-state index contributed by atoms with van der Waals surface area (Å²) < 4.78 is 16.9. The van der Waals surface area contributed by atoms with Gasteiger partial charge in [-0.15, -0.1) is 0 Å². The van der Waals surface area contributed by atoms with Crippen molar-refractivity contribution < 1.29 is 24.1 Å². The summed E-state index contributed by atoms with van der Waals surface area (Å²) >= 11 is 3.32. The lowest BCUT2D eigenvalue weighted by Crippen LogP contribution is -2.06. The van der Waals surface area contributed by atoms with E-state index in [9.17, 15) is 4.79 Å². The zero-order valence-corrected chi connectivity index (χ0v) is 13.2. The average Bonchev–Trinajstić information content (AvgIpc) is 2.40. The maximum atomic E-state index is 11.0. The molecule has 112 valence electrons. The second-order valence-electron chi connectivity index (χ2n) is 3.92. The summed E-state index contributed by atoms with van der Waals surface area (Å²) in [6, 6.07) is 2.97. The highest BCUT2D eigenvalue weighted by atomic mass is 79.9. The molecule has 0 fully saturated rings. The van der Waals surface area contributed by atoms with E-state index in [-0.39, 0.29) is 5.56 Å². The van der Waals surface area contributed by atoms with Gasteiger partial charge in [0.25, 0.3) is 0 Å². The van der Waals surface area contributed by atoms with Crippen LogP contribution >= 0.6 is 15.9 Å². The molecule has 0 spiro atoms. The fraction of sp³-hybridized carbons (Fsp3) is 0.500. The van der Waals surface area contributed by atoms with E-state index in [1.54, 1.807) is 0 Å². The lowest BCUT2D eigenvalue weighted by atomic mass is 10.2. The Labute approximate surface area is 127 Å². The van der Waals surface area contributed by atoms with Crippen molar-refractivity contribution in [3.63, 3.8) is 0 Å². The Hall–Kier alpha value is -1.27. The molecule has 0 amide bonds. The number of rotatable bonds is 9. The SMILES string of the molecule is CCOCCCOc1c(Br)cc(C(=O)O)cc1OCC. The highest BCUT2D eigenvalue weighted by molar-refractivity contribution is 9.10. The summed E-state index contributed by atoms with van der Waals surface area (Å²) in [5.41, 5.74) is 0.155. The number of hydrogen-bond acceptors (Lipinski definition) is 4. The van der Waals surface area contributed by atoms with Crippen LogP contribution < -0.4 is 9.47 Å². The van der Waals surface area contributed by atoms with E-state index in [2.05, 4.69) is 15.9 Å². The lowest BCUT2D eigenvalue weighted by Gasteiger charge is -2.14. The Morgan fingerprint density at radius 3 is 2.55 bits per heavy atom. The summed E-state index contributed by atoms with van der Waals surface area (Å²) in [4.78, 5) is 11.0. The molecule has 0 radical (unpaired) electrons. The molecule has 0 bridgehead atoms. The molecule has 1 aromatic rings. The zero-order chi connectivity index (χ0) is 15.0. The molecule has 0 aliphatic carbocycles. The van der Waals surface area contributed by atoms with Crippen LogP contribution in [0.5, 0.6) is 11.5 Å². The number of carbonyl (C=O) groups is 1. The van der Waals surface area contributed by atoms with Crippen molar-refractivity contribution in [1.29, 1.82) is 0 Å². The molecule has 0 heterocycles. The molecule has 6 heteroatoms. The summed E-state index contributed by atoms with van der Waals surface area (Å²) in [6.07, 6.45) is 0.756. The fourth-order valence-corrected chi connectivity index (χ4v) is 2.13. The Kier molecular flexibility index (Phi) is 7.40. The van der Waals surface area contributed by atoms with Crippen LogP contribution in [0, 0.1) is 0 Å². The summed E-state index contributed by atoms with van der Waals surface area (Å²) in [5.74, 6) is -0.0569. The van der Waals surface area contributed by atoms with E-state index in [0.717, 1.165) is 6.42 Å². The van der Waals surface area contributed by atoms with Gasteiger partial charge in [0, 0.05) is 19.6 Å². The third kappa shape index (κ3) is 5.02. The topological polar surface area (TPSA) is 65.0 Å². The van der Waals surface area contributed by atoms with Gasteiger partial charge in [-0.3, -0.25) is 0 Å². The molecular weight excluding hydrogens is 328 g/mol. The molecule has 0 atom stereocenters. The number of carboxylic acids is 1. The molecule has 0 saturated heterocycles. The second-order valence-corrected chi connectivity index (χ2v) is 4.78. The van der Waals surface area contributed by atoms with Crippen LogP contribution in [0.25, 0.3) is 0 Å². The molecule has 5 nitrogen and oxygen atoms in total. The van der Waals surface area contributed by atoms with Crippen LogP contribution in [-0.4, -0.2) is 37.5 Å². The number of ether oxygens (including phenoxy) is 3. The van der Waals surface area contributed by atoms with E-state index in [1.165, 1.54) is 12.1 Å². The molecule has 0 unspecified atom stereocenters. The minimum Gasteiger partial charge on any atom is -0.490 e. The van der Waals surface area contributed by atoms with E-state index in [1.807, 2.05) is 13.8 Å². The van der Waals surface area contributed by atoms with Crippen molar-refractivity contribution in [2.45, 2.75) is 20.3 Å². The van der Waals surface area contributed by atoms with E-state index in [4.69, 9.17) is 19.3 Å². The molecule has 0 aromatic heterocycles. The monoisotopic (exact) mass is 346 g/mol. The number of carboxylic acid groups (broad SMARTS) is 1. The number of benzene rings is 1. The minimum atomic E-state index is -1.01. The van der Waals surface area contributed by atoms with Gasteiger partial charge in [0.2, 0.25) is 0 Å². The Bertz CT molecular complexity index is 447. The van der Waals surface area contributed by atoms with Gasteiger partial charge < -0.3 is 19.3 Å². The summed E-state index contributed by atoms with van der Waals surface area (Å²) in [6.45, 7) is 6.00. The van der Waals surface area contributed by atoms with E-state index < -0.39 is 5.97 Å². The predicted octanol–water partition coefficient (Wildman–Crippen LogP) is 3.35. The van der Waals surface area contributed by atoms with E-state index in [0.29, 0.717) is 42.4 Å². The zero-order valence-electron chi connectivity index (χ0n) is 11.6. The van der Waals surface area contributed by atoms with Crippen molar-refractivity contribution in [3.8, 4) is 11.5 Å². The molecule has 20 heavy (non-hydrogen) atoms. The number of hydrogen-bond donors (Lipinski definition) is 1. The van der Waals surface area contributed by atoms with Crippen molar-refractivity contribution in [2.24, 2.45) is 0 Å². The molecular formula is C14H19BrO5. The first-order chi connectivity index (χ1) is 9.60. The van der Waals surface area contributed by atoms with Gasteiger partial charge in [-0.2, -0.15) is 0 Å². The summed E-state index contributed by atoms with van der Waals surface area (Å²) in [5, 5.41) is 9.03. The molecule has 1 rings (SSSR count). The third-order valence-electron chi connectivity index (χ3n) is 2.44. The third-order valence-corrected chi connectivity index (χ3v) is 3.03. The van der Waals surface area contributed by atoms with Crippen molar-refractivity contribution in [1.82, 2.24) is 0 Å². The minimum absolute atomic E-state index is 0.155. The van der Waals surface area contributed by atoms with Crippen LogP contribution in [0.15, 0.2) is 16.6 Å². The van der Waals surface area contributed by atoms with Crippen LogP contribution in [0.1, 0.15) is 30.6 Å². The van der Waals surface area contributed by atoms with Crippen LogP contribution in [0.2, 0.25) is 0 Å². The first-order valence-electron chi connectivity index (χ1n) is 6.50. The highest BCUT2D eigenvalue weighted by Crippen LogP contribution is 2.37. The molecule has 1 aromatic carbocycles. The second kappa shape index (κ2) is 8.81. The Morgan fingerprint density at radius 1 is 1.20 bits per heavy atom. The summed E-state index contributed by atoms with van der Waals surface area (Å²) in [7, 11) is 0. The first-order valence-corrected chi connectivity index (χ1v) is 7.29. The normalized spacial score (nSPS) is 10.3.